The third-order valence-electron chi connectivity index (χ3n) is 6.40. The fourth-order valence-electron chi connectivity index (χ4n) is 4.24. The van der Waals surface area contributed by atoms with Crippen LogP contribution in [0.1, 0.15) is 24.2 Å². The van der Waals surface area contributed by atoms with E-state index in [1.807, 2.05) is 32.0 Å². The number of amides is 3. The fourth-order valence-corrected chi connectivity index (χ4v) is 5.94. The summed E-state index contributed by atoms with van der Waals surface area (Å²) in [5.74, 6) is -1.31. The number of aryl methyl sites for hydroxylation is 1. The molecule has 4 aromatic rings. The number of anilines is 2. The highest BCUT2D eigenvalue weighted by Crippen LogP contribution is 2.36. The topological polar surface area (TPSA) is 106 Å². The largest absolute Gasteiger partial charge is 0.573 e. The van der Waals surface area contributed by atoms with Crippen LogP contribution in [0.5, 0.6) is 5.75 Å². The number of hydrogen-bond acceptors (Lipinski definition) is 8. The molecular weight excluding hydrogens is 622 g/mol. The van der Waals surface area contributed by atoms with Crippen LogP contribution < -0.4 is 15.0 Å². The lowest BCUT2D eigenvalue weighted by molar-refractivity contribution is -0.274. The van der Waals surface area contributed by atoms with Crippen LogP contribution in [-0.2, 0) is 9.53 Å². The van der Waals surface area contributed by atoms with Gasteiger partial charge in [-0.3, -0.25) is 9.69 Å². The van der Waals surface area contributed by atoms with E-state index in [0.717, 1.165) is 46.4 Å². The summed E-state index contributed by atoms with van der Waals surface area (Å²) in [7, 11) is 1.56. The molecule has 44 heavy (non-hydrogen) atoms. The lowest BCUT2D eigenvalue weighted by Gasteiger charge is -2.23. The van der Waals surface area contributed by atoms with Gasteiger partial charge in [0, 0.05) is 23.8 Å². The van der Waals surface area contributed by atoms with E-state index in [2.05, 4.69) is 25.2 Å². The Balaban J connectivity index is 1.31. The first-order valence-corrected chi connectivity index (χ1v) is 14.7. The minimum Gasteiger partial charge on any atom is -0.406 e. The summed E-state index contributed by atoms with van der Waals surface area (Å²) in [5, 5.41) is 11.4. The Labute approximate surface area is 256 Å². The molecule has 1 unspecified atom stereocenters. The lowest BCUT2D eigenvalue weighted by Crippen LogP contribution is -2.31. The van der Waals surface area contributed by atoms with E-state index >= 15 is 4.39 Å². The predicted octanol–water partition coefficient (Wildman–Crippen LogP) is 7.59. The van der Waals surface area contributed by atoms with Crippen molar-refractivity contribution < 1.29 is 36.6 Å². The number of aromatic nitrogens is 2. The summed E-state index contributed by atoms with van der Waals surface area (Å²) in [6.07, 6.45) is -5.13. The smallest absolute Gasteiger partial charge is 0.406 e. The molecule has 228 valence electrons. The molecule has 1 aromatic heterocycles. The number of carbonyl (C=O) groups excluding carboxylic acids is 2. The van der Waals surface area contributed by atoms with E-state index in [4.69, 9.17) is 4.74 Å². The zero-order valence-corrected chi connectivity index (χ0v) is 24.9. The van der Waals surface area contributed by atoms with Gasteiger partial charge in [-0.15, -0.1) is 23.4 Å². The average Bonchev–Trinajstić information content (AvgIpc) is 3.60. The van der Waals surface area contributed by atoms with Crippen molar-refractivity contribution in [3.63, 3.8) is 0 Å². The Morgan fingerprint density at radius 2 is 1.73 bits per heavy atom. The number of nitrogens with one attached hydrogen (secondary N) is 1. The van der Waals surface area contributed by atoms with E-state index in [1.165, 1.54) is 35.2 Å². The Morgan fingerprint density at radius 1 is 1.05 bits per heavy atom. The van der Waals surface area contributed by atoms with Crippen LogP contribution >= 0.6 is 23.1 Å². The molecule has 0 saturated carbocycles. The maximum Gasteiger partial charge on any atom is 0.573 e. The molecule has 3 amide bonds. The van der Waals surface area contributed by atoms with Crippen LogP contribution in [0.25, 0.3) is 21.1 Å². The second-order valence-electron chi connectivity index (χ2n) is 9.46. The van der Waals surface area contributed by atoms with Gasteiger partial charge in [0.2, 0.25) is 5.91 Å². The van der Waals surface area contributed by atoms with Crippen molar-refractivity contribution >= 4 is 51.6 Å². The molecule has 1 saturated heterocycles. The Kier molecular flexibility index (Phi) is 8.99. The summed E-state index contributed by atoms with van der Waals surface area (Å²) in [6.45, 7) is 3.72. The van der Waals surface area contributed by atoms with Gasteiger partial charge in [0.25, 0.3) is 0 Å². The third kappa shape index (κ3) is 7.06. The number of halogens is 4. The molecule has 0 bridgehead atoms. The van der Waals surface area contributed by atoms with E-state index in [9.17, 15) is 22.8 Å². The molecule has 1 aliphatic heterocycles. The van der Waals surface area contributed by atoms with Crippen LogP contribution in [0.4, 0.5) is 33.7 Å². The number of aliphatic imine (C=N–C) groups is 1. The number of urea groups is 1. The van der Waals surface area contributed by atoms with Crippen LogP contribution in [0, 0.1) is 12.7 Å². The minimum absolute atomic E-state index is 0.0826. The van der Waals surface area contributed by atoms with Crippen molar-refractivity contribution in [3.8, 4) is 26.9 Å². The molecule has 2 heterocycles. The van der Waals surface area contributed by atoms with Crippen LogP contribution in [0.15, 0.2) is 65.7 Å². The van der Waals surface area contributed by atoms with E-state index in [1.54, 1.807) is 7.11 Å². The molecule has 5 rings (SSSR count). The second kappa shape index (κ2) is 12.7. The first-order chi connectivity index (χ1) is 20.9. The molecule has 15 heteroatoms. The molecule has 0 spiro atoms. The number of ether oxygens (including phenoxy) is 2. The Bertz CT molecular complexity index is 1740. The molecule has 0 aliphatic carbocycles. The van der Waals surface area contributed by atoms with Gasteiger partial charge in [0.1, 0.15) is 21.6 Å². The summed E-state index contributed by atoms with van der Waals surface area (Å²) >= 11 is 2.20. The van der Waals surface area contributed by atoms with Gasteiger partial charge in [-0.05, 0) is 67.9 Å². The predicted molar refractivity (Wildman–Crippen MR) is 160 cm³/mol. The highest BCUT2D eigenvalue weighted by molar-refractivity contribution is 8.15. The SMILES string of the molecule is COC(C)c1ccc(C)cc1N1C(=O)CS/C1=N\C(=O)Nc1ccc(-c2nnc(-c3ccc(OC(F)(F)F)cc3)s2)cc1F. The van der Waals surface area contributed by atoms with Crippen LogP contribution in [-0.4, -0.2) is 46.5 Å². The maximum atomic E-state index is 15.1. The molecule has 1 aliphatic rings. The lowest BCUT2D eigenvalue weighted by atomic mass is 10.0. The van der Waals surface area contributed by atoms with E-state index in [-0.39, 0.29) is 34.4 Å². The zero-order chi connectivity index (χ0) is 31.6. The normalized spacial score (nSPS) is 15.1. The van der Waals surface area contributed by atoms with Crippen molar-refractivity contribution in [1.29, 1.82) is 0 Å². The highest BCUT2D eigenvalue weighted by atomic mass is 32.2. The molecule has 3 aromatic carbocycles. The summed E-state index contributed by atoms with van der Waals surface area (Å²) in [4.78, 5) is 31.1. The number of nitrogens with zero attached hydrogens (tertiary/aromatic N) is 4. The number of hydrogen-bond donors (Lipinski definition) is 1. The number of benzene rings is 3. The Morgan fingerprint density at radius 3 is 2.39 bits per heavy atom. The van der Waals surface area contributed by atoms with Crippen molar-refractivity contribution in [1.82, 2.24) is 10.2 Å². The van der Waals surface area contributed by atoms with Crippen molar-refractivity contribution in [2.24, 2.45) is 4.99 Å². The van der Waals surface area contributed by atoms with Gasteiger partial charge < -0.3 is 14.8 Å². The first kappa shape index (κ1) is 31.1. The van der Waals surface area contributed by atoms with Gasteiger partial charge in [-0.1, -0.05) is 35.2 Å². The standard InChI is InChI=1S/C29H23F4N5O4S2/c1-15-4-10-20(16(2)41-3)23(12-15)38-24(39)14-43-28(38)35-27(40)34-22-11-7-18(13-21(22)30)26-37-36-25(44-26)17-5-8-19(9-6-17)42-29(31,32)33/h4-13,16H,14H2,1-3H3,(H,34,40)/b35-28-. The van der Waals surface area contributed by atoms with Crippen molar-refractivity contribution in [2.45, 2.75) is 26.3 Å². The molecule has 1 fully saturated rings. The van der Waals surface area contributed by atoms with Crippen LogP contribution in [0.2, 0.25) is 0 Å². The third-order valence-corrected chi connectivity index (χ3v) is 8.34. The zero-order valence-electron chi connectivity index (χ0n) is 23.3. The maximum absolute atomic E-state index is 15.1. The minimum atomic E-state index is -4.80. The number of methoxy groups -OCH3 is 1. The van der Waals surface area contributed by atoms with Gasteiger partial charge >= 0.3 is 12.4 Å². The van der Waals surface area contributed by atoms with Crippen molar-refractivity contribution in [3.05, 3.63) is 77.6 Å². The summed E-state index contributed by atoms with van der Waals surface area (Å²) in [6, 6.07) is 13.9. The van der Waals surface area contributed by atoms with Crippen molar-refractivity contribution in [2.75, 3.05) is 23.1 Å². The van der Waals surface area contributed by atoms with Gasteiger partial charge in [0.15, 0.2) is 5.17 Å². The molecular formula is C29H23F4N5O4S2. The number of carbonyl (C=O) groups is 2. The Hall–Kier alpha value is -4.34. The molecule has 1 atom stereocenters. The van der Waals surface area contributed by atoms with Crippen LogP contribution in [0.3, 0.4) is 0 Å². The number of rotatable bonds is 7. The average molecular weight is 646 g/mol. The quantitative estimate of drug-likeness (QED) is 0.207. The van der Waals surface area contributed by atoms with E-state index < -0.39 is 18.2 Å². The van der Waals surface area contributed by atoms with E-state index in [0.29, 0.717) is 26.8 Å². The monoisotopic (exact) mass is 645 g/mol. The molecule has 0 radical (unpaired) electrons. The fraction of sp³-hybridized carbons (Fsp3) is 0.207. The highest BCUT2D eigenvalue weighted by Gasteiger charge is 2.33. The molecule has 9 nitrogen and oxygen atoms in total. The first-order valence-electron chi connectivity index (χ1n) is 12.9. The van der Waals surface area contributed by atoms with Gasteiger partial charge in [0.05, 0.1) is 23.2 Å². The summed E-state index contributed by atoms with van der Waals surface area (Å²) in [5.41, 5.74) is 2.93. The second-order valence-corrected chi connectivity index (χ2v) is 11.4. The number of amidine groups is 1. The summed E-state index contributed by atoms with van der Waals surface area (Å²) < 4.78 is 61.6. The molecule has 1 N–H and O–H groups in total. The number of alkyl halides is 3. The number of thioether (sulfide) groups is 1. The van der Waals surface area contributed by atoms with Gasteiger partial charge in [-0.25, -0.2) is 9.18 Å². The van der Waals surface area contributed by atoms with Gasteiger partial charge in [-0.2, -0.15) is 4.99 Å².